The van der Waals surface area contributed by atoms with E-state index in [1.165, 1.54) is 47.3 Å². The van der Waals surface area contributed by atoms with Crippen LogP contribution in [0.4, 0.5) is 5.00 Å². The molecule has 1 aromatic carbocycles. The summed E-state index contributed by atoms with van der Waals surface area (Å²) in [6.07, 6.45) is 5.15. The number of anilines is 1. The topological polar surface area (TPSA) is 35.2 Å². The monoisotopic (exact) mass is 287 g/mol. The van der Waals surface area contributed by atoms with Gasteiger partial charge in [-0.25, -0.2) is 0 Å². The van der Waals surface area contributed by atoms with Crippen LogP contribution in [0.3, 0.4) is 0 Å². The second-order valence-electron chi connectivity index (χ2n) is 5.64. The van der Waals surface area contributed by atoms with Gasteiger partial charge in [-0.3, -0.25) is 0 Å². The molecule has 0 saturated carbocycles. The number of ether oxygens (including phenoxy) is 1. The summed E-state index contributed by atoms with van der Waals surface area (Å²) in [5.41, 5.74) is 10.2. The quantitative estimate of drug-likeness (QED) is 0.890. The van der Waals surface area contributed by atoms with Crippen molar-refractivity contribution in [1.29, 1.82) is 0 Å². The molecule has 1 aliphatic carbocycles. The first-order valence-corrected chi connectivity index (χ1v) is 8.14. The molecule has 2 nitrogen and oxygen atoms in total. The van der Waals surface area contributed by atoms with Gasteiger partial charge in [-0.05, 0) is 62.8 Å². The predicted molar refractivity (Wildman–Crippen MR) is 86.6 cm³/mol. The number of nitrogen functional groups attached to an aromatic ring is 1. The van der Waals surface area contributed by atoms with Crippen molar-refractivity contribution in [1.82, 2.24) is 0 Å². The number of fused-ring (bicyclic) bond motifs is 1. The van der Waals surface area contributed by atoms with Gasteiger partial charge in [-0.15, -0.1) is 11.3 Å². The van der Waals surface area contributed by atoms with Crippen LogP contribution >= 0.6 is 11.3 Å². The Kier molecular flexibility index (Phi) is 3.70. The van der Waals surface area contributed by atoms with Crippen LogP contribution in [0.25, 0.3) is 11.1 Å². The fraction of sp³-hybridized carbons (Fsp3) is 0.412. The Bertz CT molecular complexity index is 598. The second kappa shape index (κ2) is 5.49. The molecule has 1 aliphatic rings. The van der Waals surface area contributed by atoms with E-state index < -0.39 is 0 Å². The van der Waals surface area contributed by atoms with Gasteiger partial charge in [-0.2, -0.15) is 0 Å². The first-order chi connectivity index (χ1) is 9.65. The van der Waals surface area contributed by atoms with Gasteiger partial charge in [0.2, 0.25) is 0 Å². The number of benzene rings is 1. The summed E-state index contributed by atoms with van der Waals surface area (Å²) in [5.74, 6) is 0.923. The largest absolute Gasteiger partial charge is 0.491 e. The number of nitrogens with two attached hydrogens (primary N) is 1. The highest BCUT2D eigenvalue weighted by Crippen LogP contribution is 2.42. The molecule has 0 bridgehead atoms. The lowest BCUT2D eigenvalue weighted by Crippen LogP contribution is -2.05. The Balaban J connectivity index is 1.95. The summed E-state index contributed by atoms with van der Waals surface area (Å²) in [6, 6.07) is 8.35. The maximum Gasteiger partial charge on any atom is 0.119 e. The van der Waals surface area contributed by atoms with E-state index in [9.17, 15) is 0 Å². The van der Waals surface area contributed by atoms with Crippen molar-refractivity contribution in [2.24, 2.45) is 0 Å². The van der Waals surface area contributed by atoms with E-state index in [1.54, 1.807) is 11.3 Å². The van der Waals surface area contributed by atoms with Crippen molar-refractivity contribution in [2.45, 2.75) is 45.6 Å². The Hall–Kier alpha value is -1.48. The molecule has 20 heavy (non-hydrogen) atoms. The zero-order valence-electron chi connectivity index (χ0n) is 12.1. The van der Waals surface area contributed by atoms with Gasteiger partial charge in [0.25, 0.3) is 0 Å². The summed E-state index contributed by atoms with van der Waals surface area (Å²) in [5, 5.41) is 0.967. The molecule has 0 fully saturated rings. The van der Waals surface area contributed by atoms with Crippen LogP contribution in [-0.4, -0.2) is 6.10 Å². The summed E-state index contributed by atoms with van der Waals surface area (Å²) < 4.78 is 5.70. The van der Waals surface area contributed by atoms with Crippen molar-refractivity contribution in [3.63, 3.8) is 0 Å². The third-order valence-corrected chi connectivity index (χ3v) is 4.83. The zero-order valence-corrected chi connectivity index (χ0v) is 12.9. The third kappa shape index (κ3) is 2.55. The van der Waals surface area contributed by atoms with Crippen LogP contribution in [0.15, 0.2) is 24.3 Å². The summed E-state index contributed by atoms with van der Waals surface area (Å²) >= 11 is 1.77. The van der Waals surface area contributed by atoms with E-state index in [4.69, 9.17) is 10.5 Å². The fourth-order valence-electron chi connectivity index (χ4n) is 2.88. The van der Waals surface area contributed by atoms with Crippen LogP contribution in [0, 0.1) is 0 Å². The van der Waals surface area contributed by atoms with E-state index >= 15 is 0 Å². The van der Waals surface area contributed by atoms with Gasteiger partial charge in [0.15, 0.2) is 0 Å². The Labute approximate surface area is 124 Å². The Morgan fingerprint density at radius 2 is 1.80 bits per heavy atom. The molecule has 3 rings (SSSR count). The minimum absolute atomic E-state index is 0.208. The van der Waals surface area contributed by atoms with Gasteiger partial charge in [0, 0.05) is 10.4 Å². The molecular weight excluding hydrogens is 266 g/mol. The first kappa shape index (κ1) is 13.5. The Morgan fingerprint density at radius 1 is 1.10 bits per heavy atom. The van der Waals surface area contributed by atoms with E-state index in [-0.39, 0.29) is 6.10 Å². The zero-order chi connectivity index (χ0) is 14.1. The summed E-state index contributed by atoms with van der Waals surface area (Å²) in [7, 11) is 0. The smallest absolute Gasteiger partial charge is 0.119 e. The lowest BCUT2D eigenvalue weighted by molar-refractivity contribution is 0.242. The highest BCUT2D eigenvalue weighted by atomic mass is 32.1. The van der Waals surface area contributed by atoms with Gasteiger partial charge in [0.05, 0.1) is 11.1 Å². The molecule has 0 spiro atoms. The first-order valence-electron chi connectivity index (χ1n) is 7.32. The van der Waals surface area contributed by atoms with Crippen molar-refractivity contribution in [3.8, 4) is 16.9 Å². The molecule has 0 aliphatic heterocycles. The molecule has 1 heterocycles. The minimum atomic E-state index is 0.208. The maximum atomic E-state index is 6.26. The van der Waals surface area contributed by atoms with Crippen LogP contribution in [0.5, 0.6) is 5.75 Å². The van der Waals surface area contributed by atoms with E-state index in [1.807, 2.05) is 26.0 Å². The molecule has 1 aromatic heterocycles. The summed E-state index contributed by atoms with van der Waals surface area (Å²) in [6.45, 7) is 4.09. The molecule has 3 heteroatoms. The summed E-state index contributed by atoms with van der Waals surface area (Å²) in [4.78, 5) is 1.49. The average Bonchev–Trinajstić information content (AvgIpc) is 2.75. The van der Waals surface area contributed by atoms with Crippen LogP contribution in [0.2, 0.25) is 0 Å². The molecule has 0 unspecified atom stereocenters. The van der Waals surface area contributed by atoms with Gasteiger partial charge < -0.3 is 10.5 Å². The molecular formula is C17H21NOS. The molecule has 2 N–H and O–H groups in total. The fourth-order valence-corrected chi connectivity index (χ4v) is 4.06. The van der Waals surface area contributed by atoms with Gasteiger partial charge in [-0.1, -0.05) is 12.1 Å². The van der Waals surface area contributed by atoms with Crippen molar-refractivity contribution in [3.05, 3.63) is 34.7 Å². The molecule has 0 amide bonds. The SMILES string of the molecule is CC(C)Oc1ccc(-c2c(N)sc3c2CCCC3)cc1. The van der Waals surface area contributed by atoms with Crippen molar-refractivity contribution < 1.29 is 4.74 Å². The lowest BCUT2D eigenvalue weighted by Gasteiger charge is -2.14. The van der Waals surface area contributed by atoms with E-state index in [0.29, 0.717) is 0 Å². The average molecular weight is 287 g/mol. The van der Waals surface area contributed by atoms with Gasteiger partial charge >= 0.3 is 0 Å². The Morgan fingerprint density at radius 3 is 2.50 bits per heavy atom. The number of thiophene rings is 1. The van der Waals surface area contributed by atoms with E-state index in [0.717, 1.165) is 10.8 Å². The van der Waals surface area contributed by atoms with Crippen molar-refractivity contribution in [2.75, 3.05) is 5.73 Å². The minimum Gasteiger partial charge on any atom is -0.491 e. The molecule has 106 valence electrons. The number of hydrogen-bond donors (Lipinski definition) is 1. The molecule has 0 radical (unpaired) electrons. The third-order valence-electron chi connectivity index (χ3n) is 3.71. The highest BCUT2D eigenvalue weighted by molar-refractivity contribution is 7.16. The van der Waals surface area contributed by atoms with Crippen LogP contribution in [0.1, 0.15) is 37.1 Å². The van der Waals surface area contributed by atoms with Gasteiger partial charge in [0.1, 0.15) is 5.75 Å². The number of hydrogen-bond acceptors (Lipinski definition) is 3. The van der Waals surface area contributed by atoms with E-state index in [2.05, 4.69) is 12.1 Å². The standard InChI is InChI=1S/C17H21NOS/c1-11(2)19-13-9-7-12(8-10-13)16-14-5-3-4-6-15(14)20-17(16)18/h7-11H,3-6,18H2,1-2H3. The number of rotatable bonds is 3. The second-order valence-corrected chi connectivity index (χ2v) is 6.78. The van der Waals surface area contributed by atoms with Crippen LogP contribution < -0.4 is 10.5 Å². The van der Waals surface area contributed by atoms with Crippen LogP contribution in [-0.2, 0) is 12.8 Å². The normalized spacial score (nSPS) is 14.3. The maximum absolute atomic E-state index is 6.26. The highest BCUT2D eigenvalue weighted by Gasteiger charge is 2.20. The molecule has 0 saturated heterocycles. The molecule has 0 atom stereocenters. The van der Waals surface area contributed by atoms with Crippen molar-refractivity contribution >= 4 is 16.3 Å². The molecule has 2 aromatic rings. The number of aryl methyl sites for hydroxylation is 1. The lowest BCUT2D eigenvalue weighted by atomic mass is 9.92. The predicted octanol–water partition coefficient (Wildman–Crippen LogP) is 4.66.